The van der Waals surface area contributed by atoms with E-state index in [1.54, 1.807) is 0 Å². The molecule has 0 aromatic rings. The molecule has 0 saturated carbocycles. The van der Waals surface area contributed by atoms with Crippen molar-refractivity contribution >= 4 is 18.8 Å². The molecule has 21 heavy (non-hydrogen) atoms. The molecule has 0 N–H and O–H groups in total. The van der Waals surface area contributed by atoms with Gasteiger partial charge in [-0.15, -0.1) is 0 Å². The van der Waals surface area contributed by atoms with Crippen LogP contribution in [-0.2, 0) is 3.07 Å². The molecule has 0 bridgehead atoms. The standard InChI is InChI=1S/2C8H17.C2H5.CH3O.Sn/c2*1-3-5-7-8-6-4-2;2*1-2;/h2*1,3-8H2,2H3;1H2,2H3;1H3;/q;;;-1;+1. The molecule has 0 radical (unpaired) electrons. The molecule has 1 nitrogen and oxygen atoms in total. The van der Waals surface area contributed by atoms with Gasteiger partial charge >= 0.3 is 140 Å². The summed E-state index contributed by atoms with van der Waals surface area (Å²) in [7, 11) is 2.02. The molecule has 0 spiro atoms. The van der Waals surface area contributed by atoms with E-state index < -0.39 is 18.8 Å². The van der Waals surface area contributed by atoms with E-state index in [0.717, 1.165) is 0 Å². The van der Waals surface area contributed by atoms with E-state index in [1.807, 2.05) is 7.11 Å². The average Bonchev–Trinajstić information content (AvgIpc) is 2.52. The van der Waals surface area contributed by atoms with Crippen LogP contribution in [0.15, 0.2) is 0 Å². The van der Waals surface area contributed by atoms with Crippen molar-refractivity contribution in [2.45, 2.75) is 111 Å². The van der Waals surface area contributed by atoms with Gasteiger partial charge in [0.05, 0.1) is 0 Å². The molecule has 0 aliphatic heterocycles. The van der Waals surface area contributed by atoms with Crippen molar-refractivity contribution < 1.29 is 3.07 Å². The Morgan fingerprint density at radius 3 is 1.29 bits per heavy atom. The van der Waals surface area contributed by atoms with Gasteiger partial charge in [-0.25, -0.2) is 0 Å². The van der Waals surface area contributed by atoms with Crippen LogP contribution >= 0.6 is 0 Å². The number of rotatable bonds is 16. The zero-order chi connectivity index (χ0) is 15.8. The number of hydrogen-bond donors (Lipinski definition) is 0. The second-order valence-electron chi connectivity index (χ2n) is 6.78. The Morgan fingerprint density at radius 2 is 0.952 bits per heavy atom. The molecule has 0 rings (SSSR count). The van der Waals surface area contributed by atoms with Gasteiger partial charge in [0.15, 0.2) is 0 Å². The first-order valence-electron chi connectivity index (χ1n) is 9.79. The third-order valence-corrected chi connectivity index (χ3v) is 18.4. The Morgan fingerprint density at radius 1 is 0.571 bits per heavy atom. The molecular weight excluding hydrogens is 363 g/mol. The molecule has 0 fully saturated rings. The Bertz CT molecular complexity index is 184. The van der Waals surface area contributed by atoms with E-state index in [2.05, 4.69) is 20.8 Å². The van der Waals surface area contributed by atoms with Crippen LogP contribution in [0.25, 0.3) is 0 Å². The molecule has 0 aliphatic carbocycles. The Kier molecular flexibility index (Phi) is 16.2. The van der Waals surface area contributed by atoms with E-state index in [-0.39, 0.29) is 0 Å². The van der Waals surface area contributed by atoms with Gasteiger partial charge in [0, 0.05) is 0 Å². The summed E-state index contributed by atoms with van der Waals surface area (Å²) in [6.45, 7) is 6.99. The molecular formula is C19H42OSn. The van der Waals surface area contributed by atoms with Crippen LogP contribution in [0.1, 0.15) is 97.8 Å². The van der Waals surface area contributed by atoms with Gasteiger partial charge in [-0.2, -0.15) is 0 Å². The van der Waals surface area contributed by atoms with E-state index in [0.29, 0.717) is 0 Å². The minimum absolute atomic E-state index is 1.36. The molecule has 0 unspecified atom stereocenters. The zero-order valence-corrected chi connectivity index (χ0v) is 18.4. The maximum atomic E-state index is 6.15. The number of unbranched alkanes of at least 4 members (excludes halogenated alkanes) is 10. The van der Waals surface area contributed by atoms with Gasteiger partial charge in [-0.1, -0.05) is 0 Å². The van der Waals surface area contributed by atoms with Crippen LogP contribution in [0.5, 0.6) is 0 Å². The van der Waals surface area contributed by atoms with Crippen molar-refractivity contribution in [1.29, 1.82) is 0 Å². The molecule has 0 amide bonds. The van der Waals surface area contributed by atoms with Crippen molar-refractivity contribution in [1.82, 2.24) is 0 Å². The SMILES string of the molecule is CCCCCCC[CH2][Sn]([CH2]C)([CH2]CCCCCCC)[O]C. The quantitative estimate of drug-likeness (QED) is 0.193. The third kappa shape index (κ3) is 11.9. The van der Waals surface area contributed by atoms with E-state index in [4.69, 9.17) is 3.07 Å². The summed E-state index contributed by atoms with van der Waals surface area (Å²) in [5.74, 6) is 0. The molecule has 0 heterocycles. The third-order valence-electron chi connectivity index (χ3n) is 5.05. The monoisotopic (exact) mass is 406 g/mol. The van der Waals surface area contributed by atoms with Crippen LogP contribution in [-0.4, -0.2) is 25.9 Å². The number of hydrogen-bond acceptors (Lipinski definition) is 1. The van der Waals surface area contributed by atoms with E-state index >= 15 is 0 Å². The Balaban J connectivity index is 3.78. The minimum atomic E-state index is -2.18. The summed E-state index contributed by atoms with van der Waals surface area (Å²) >= 11 is -2.18. The topological polar surface area (TPSA) is 9.23 Å². The molecule has 2 heteroatoms. The molecule has 0 saturated heterocycles. The second kappa shape index (κ2) is 15.6. The normalized spacial score (nSPS) is 12.0. The Labute approximate surface area is 140 Å². The second-order valence-corrected chi connectivity index (χ2v) is 19.6. The fourth-order valence-electron chi connectivity index (χ4n) is 3.28. The van der Waals surface area contributed by atoms with Crippen LogP contribution in [0.2, 0.25) is 13.3 Å². The van der Waals surface area contributed by atoms with Crippen molar-refractivity contribution in [3.8, 4) is 0 Å². The van der Waals surface area contributed by atoms with Crippen molar-refractivity contribution in [3.63, 3.8) is 0 Å². The van der Waals surface area contributed by atoms with Gasteiger partial charge in [0.1, 0.15) is 0 Å². The molecule has 0 aliphatic rings. The predicted octanol–water partition coefficient (Wildman–Crippen LogP) is 7.32. The zero-order valence-electron chi connectivity index (χ0n) is 15.5. The molecule has 0 aromatic heterocycles. The molecule has 128 valence electrons. The summed E-state index contributed by atoms with van der Waals surface area (Å²) in [4.78, 5) is 0. The average molecular weight is 405 g/mol. The van der Waals surface area contributed by atoms with Crippen LogP contribution in [0.3, 0.4) is 0 Å². The predicted molar refractivity (Wildman–Crippen MR) is 99.6 cm³/mol. The first-order valence-corrected chi connectivity index (χ1v) is 17.0. The summed E-state index contributed by atoms with van der Waals surface area (Å²) in [5.41, 5.74) is 0. The summed E-state index contributed by atoms with van der Waals surface area (Å²) in [5, 5.41) is 0. The van der Waals surface area contributed by atoms with Gasteiger partial charge in [0.25, 0.3) is 0 Å². The van der Waals surface area contributed by atoms with Gasteiger partial charge in [0.2, 0.25) is 0 Å². The molecule has 0 atom stereocenters. The van der Waals surface area contributed by atoms with E-state index in [1.165, 1.54) is 90.4 Å². The first-order chi connectivity index (χ1) is 10.2. The fourth-order valence-corrected chi connectivity index (χ4v) is 13.1. The van der Waals surface area contributed by atoms with Crippen LogP contribution < -0.4 is 0 Å². The van der Waals surface area contributed by atoms with Gasteiger partial charge < -0.3 is 0 Å². The summed E-state index contributed by atoms with van der Waals surface area (Å²) in [6.07, 6.45) is 17.1. The summed E-state index contributed by atoms with van der Waals surface area (Å²) in [6, 6.07) is 0. The molecule has 0 aromatic carbocycles. The van der Waals surface area contributed by atoms with Crippen LogP contribution in [0.4, 0.5) is 0 Å². The van der Waals surface area contributed by atoms with Crippen molar-refractivity contribution in [3.05, 3.63) is 0 Å². The van der Waals surface area contributed by atoms with E-state index in [9.17, 15) is 0 Å². The van der Waals surface area contributed by atoms with Gasteiger partial charge in [-0.3, -0.25) is 0 Å². The first kappa shape index (κ1) is 21.8. The Hall–Kier alpha value is 0.759. The van der Waals surface area contributed by atoms with Gasteiger partial charge in [-0.05, 0) is 0 Å². The van der Waals surface area contributed by atoms with Crippen molar-refractivity contribution in [2.24, 2.45) is 0 Å². The maximum absolute atomic E-state index is 6.15. The summed E-state index contributed by atoms with van der Waals surface area (Å²) < 4.78 is 10.5. The van der Waals surface area contributed by atoms with Crippen molar-refractivity contribution in [2.75, 3.05) is 7.11 Å². The fraction of sp³-hybridized carbons (Fsp3) is 1.00. The van der Waals surface area contributed by atoms with Crippen LogP contribution in [0, 0.1) is 0 Å².